The van der Waals surface area contributed by atoms with E-state index in [0.29, 0.717) is 28.7 Å². The van der Waals surface area contributed by atoms with Crippen LogP contribution in [0.5, 0.6) is 5.75 Å². The van der Waals surface area contributed by atoms with Gasteiger partial charge < -0.3 is 18.9 Å². The van der Waals surface area contributed by atoms with E-state index in [0.717, 1.165) is 21.9 Å². The highest BCUT2D eigenvalue weighted by Gasteiger charge is 2.16. The van der Waals surface area contributed by atoms with E-state index in [1.165, 1.54) is 10.9 Å². The Hall–Kier alpha value is -3.78. The first-order chi connectivity index (χ1) is 15.9. The van der Waals surface area contributed by atoms with Gasteiger partial charge in [-0.2, -0.15) is 5.10 Å². The zero-order chi connectivity index (χ0) is 23.4. The maximum atomic E-state index is 12.6. The van der Waals surface area contributed by atoms with Gasteiger partial charge in [0.2, 0.25) is 0 Å². The highest BCUT2D eigenvalue weighted by Crippen LogP contribution is 2.26. The molecule has 0 saturated carbocycles. The quantitative estimate of drug-likeness (QED) is 0.363. The van der Waals surface area contributed by atoms with Crippen LogP contribution in [0.4, 0.5) is 5.69 Å². The van der Waals surface area contributed by atoms with Crippen molar-refractivity contribution in [1.29, 1.82) is 0 Å². The first kappa shape index (κ1) is 22.4. The van der Waals surface area contributed by atoms with Crippen LogP contribution in [-0.4, -0.2) is 21.9 Å². The summed E-state index contributed by atoms with van der Waals surface area (Å²) in [7, 11) is 1.68. The predicted molar refractivity (Wildman–Crippen MR) is 124 cm³/mol. The van der Waals surface area contributed by atoms with Gasteiger partial charge in [-0.1, -0.05) is 11.6 Å². The summed E-state index contributed by atoms with van der Waals surface area (Å²) in [5, 5.41) is 7.68. The number of aliphatic imine (C=N–C) groups is 1. The molecule has 0 aliphatic heterocycles. The molecule has 1 amide bonds. The number of halogens is 1. The molecule has 0 bridgehead atoms. The maximum absolute atomic E-state index is 12.6. The minimum Gasteiger partial charge on any atom is -0.486 e. The molecule has 0 unspecified atom stereocenters. The number of carbonyl (C=O) groups is 1. The number of rotatable bonds is 8. The van der Waals surface area contributed by atoms with Gasteiger partial charge in [-0.05, 0) is 61.4 Å². The molecule has 33 heavy (non-hydrogen) atoms. The molecule has 4 aromatic rings. The van der Waals surface area contributed by atoms with Crippen molar-refractivity contribution in [3.8, 4) is 5.75 Å². The standard InChI is InChI=1S/C24H23ClN4O4/c1-15-9-20(10-16(2)22(15)25)32-14-19-7-6-18(33-19)12-26-21-13-28-29(3)23(21)24(30)27-11-17-5-4-8-31-17/h4-10,12-13H,11,14H2,1-3H3,(H,27,30). The molecule has 9 heteroatoms. The van der Waals surface area contributed by atoms with E-state index >= 15 is 0 Å². The number of nitrogens with zero attached hydrogens (tertiary/aromatic N) is 3. The molecule has 1 N–H and O–H groups in total. The molecule has 0 atom stereocenters. The van der Waals surface area contributed by atoms with Gasteiger partial charge in [0.25, 0.3) is 5.91 Å². The summed E-state index contributed by atoms with van der Waals surface area (Å²) in [6, 6.07) is 10.9. The molecule has 0 spiro atoms. The van der Waals surface area contributed by atoms with Crippen LogP contribution in [0, 0.1) is 13.8 Å². The largest absolute Gasteiger partial charge is 0.486 e. The third-order valence-corrected chi connectivity index (χ3v) is 5.54. The van der Waals surface area contributed by atoms with Crippen molar-refractivity contribution in [2.75, 3.05) is 0 Å². The van der Waals surface area contributed by atoms with Gasteiger partial charge in [0.1, 0.15) is 35.3 Å². The molecule has 1 aromatic carbocycles. The lowest BCUT2D eigenvalue weighted by Gasteiger charge is -2.08. The van der Waals surface area contributed by atoms with Gasteiger partial charge in [0.05, 0.1) is 25.2 Å². The summed E-state index contributed by atoms with van der Waals surface area (Å²) in [5.74, 6) is 2.25. The highest BCUT2D eigenvalue weighted by atomic mass is 35.5. The number of ether oxygens (including phenoxy) is 1. The Bertz CT molecular complexity index is 1260. The number of benzene rings is 1. The van der Waals surface area contributed by atoms with Crippen LogP contribution in [0.3, 0.4) is 0 Å². The van der Waals surface area contributed by atoms with Crippen LogP contribution < -0.4 is 10.1 Å². The van der Waals surface area contributed by atoms with Crippen LogP contribution in [0.25, 0.3) is 0 Å². The number of furan rings is 2. The summed E-state index contributed by atoms with van der Waals surface area (Å²) in [6.07, 6.45) is 4.62. The Labute approximate surface area is 195 Å². The number of aromatic nitrogens is 2. The van der Waals surface area contributed by atoms with Crippen molar-refractivity contribution in [3.63, 3.8) is 0 Å². The fraction of sp³-hybridized carbons (Fsp3) is 0.208. The number of hydrogen-bond donors (Lipinski definition) is 1. The van der Waals surface area contributed by atoms with Crippen molar-refractivity contribution in [2.24, 2.45) is 12.0 Å². The smallest absolute Gasteiger partial charge is 0.272 e. The van der Waals surface area contributed by atoms with Crippen LogP contribution in [0.2, 0.25) is 5.02 Å². The van der Waals surface area contributed by atoms with Gasteiger partial charge in [-0.15, -0.1) is 0 Å². The first-order valence-electron chi connectivity index (χ1n) is 10.3. The van der Waals surface area contributed by atoms with Crippen LogP contribution in [-0.2, 0) is 20.2 Å². The monoisotopic (exact) mass is 466 g/mol. The lowest BCUT2D eigenvalue weighted by Crippen LogP contribution is -2.25. The van der Waals surface area contributed by atoms with Gasteiger partial charge in [-0.3, -0.25) is 9.48 Å². The second-order valence-corrected chi connectivity index (χ2v) is 7.86. The molecule has 3 heterocycles. The van der Waals surface area contributed by atoms with Crippen molar-refractivity contribution in [1.82, 2.24) is 15.1 Å². The molecule has 3 aromatic heterocycles. The fourth-order valence-electron chi connectivity index (χ4n) is 3.27. The molecule has 0 radical (unpaired) electrons. The molecule has 0 fully saturated rings. The van der Waals surface area contributed by atoms with Crippen LogP contribution in [0.15, 0.2) is 62.7 Å². The van der Waals surface area contributed by atoms with Crippen molar-refractivity contribution in [2.45, 2.75) is 27.0 Å². The average Bonchev–Trinajstić information content (AvgIpc) is 3.54. The predicted octanol–water partition coefficient (Wildman–Crippen LogP) is 5.14. The molecule has 4 rings (SSSR count). The topological polar surface area (TPSA) is 94.8 Å². The Morgan fingerprint density at radius 3 is 2.76 bits per heavy atom. The Morgan fingerprint density at radius 1 is 1.24 bits per heavy atom. The molecule has 0 saturated heterocycles. The number of amides is 1. The second-order valence-electron chi connectivity index (χ2n) is 7.49. The number of aryl methyl sites for hydroxylation is 3. The molecule has 0 aliphatic carbocycles. The first-order valence-corrected chi connectivity index (χ1v) is 10.6. The third kappa shape index (κ3) is 5.35. The molecular formula is C24H23ClN4O4. The van der Waals surface area contributed by atoms with E-state index in [9.17, 15) is 4.79 Å². The van der Waals surface area contributed by atoms with E-state index in [2.05, 4.69) is 15.4 Å². The minimum atomic E-state index is -0.305. The summed E-state index contributed by atoms with van der Waals surface area (Å²) in [6.45, 7) is 4.41. The SMILES string of the molecule is Cc1cc(OCc2ccc(C=Nc3cnn(C)c3C(=O)NCc3ccco3)o2)cc(C)c1Cl. The molecule has 0 aliphatic rings. The minimum absolute atomic E-state index is 0.266. The lowest BCUT2D eigenvalue weighted by molar-refractivity contribution is 0.0939. The van der Waals surface area contributed by atoms with Gasteiger partial charge >= 0.3 is 0 Å². The van der Waals surface area contributed by atoms with E-state index in [4.69, 9.17) is 25.2 Å². The molecule has 170 valence electrons. The summed E-state index contributed by atoms with van der Waals surface area (Å²) < 4.78 is 18.3. The van der Waals surface area contributed by atoms with Crippen LogP contribution in [0.1, 0.15) is 38.9 Å². The van der Waals surface area contributed by atoms with Crippen molar-refractivity contribution >= 4 is 29.4 Å². The average molecular weight is 467 g/mol. The van der Waals surface area contributed by atoms with Gasteiger partial charge in [0.15, 0.2) is 5.69 Å². The second kappa shape index (κ2) is 9.79. The number of carbonyl (C=O) groups excluding carboxylic acids is 1. The number of nitrogens with one attached hydrogen (secondary N) is 1. The van der Waals surface area contributed by atoms with Gasteiger partial charge in [0, 0.05) is 12.1 Å². The van der Waals surface area contributed by atoms with Gasteiger partial charge in [-0.25, -0.2) is 4.99 Å². The Morgan fingerprint density at radius 2 is 2.03 bits per heavy atom. The van der Waals surface area contributed by atoms with E-state index in [1.807, 2.05) is 32.0 Å². The van der Waals surface area contributed by atoms with E-state index < -0.39 is 0 Å². The zero-order valence-corrected chi connectivity index (χ0v) is 19.2. The normalized spacial score (nSPS) is 11.3. The molecule has 8 nitrogen and oxygen atoms in total. The lowest BCUT2D eigenvalue weighted by atomic mass is 10.1. The van der Waals surface area contributed by atoms with E-state index in [1.54, 1.807) is 37.7 Å². The maximum Gasteiger partial charge on any atom is 0.272 e. The summed E-state index contributed by atoms with van der Waals surface area (Å²) in [4.78, 5) is 17.0. The number of hydrogen-bond acceptors (Lipinski definition) is 6. The van der Waals surface area contributed by atoms with Crippen molar-refractivity contribution in [3.05, 3.63) is 88.0 Å². The molecular weight excluding hydrogens is 444 g/mol. The zero-order valence-electron chi connectivity index (χ0n) is 18.5. The Kier molecular flexibility index (Phi) is 6.65. The summed E-state index contributed by atoms with van der Waals surface area (Å²) >= 11 is 6.20. The fourth-order valence-corrected chi connectivity index (χ4v) is 3.38. The van der Waals surface area contributed by atoms with Crippen LogP contribution >= 0.6 is 11.6 Å². The summed E-state index contributed by atoms with van der Waals surface area (Å²) in [5.41, 5.74) is 2.68. The third-order valence-electron chi connectivity index (χ3n) is 4.94. The van der Waals surface area contributed by atoms with Crippen molar-refractivity contribution < 1.29 is 18.4 Å². The van der Waals surface area contributed by atoms with E-state index in [-0.39, 0.29) is 19.1 Å². The highest BCUT2D eigenvalue weighted by molar-refractivity contribution is 6.32. The Balaban J connectivity index is 1.39.